The summed E-state index contributed by atoms with van der Waals surface area (Å²) < 4.78 is 12.1. The van der Waals surface area contributed by atoms with Crippen LogP contribution in [0.5, 0.6) is 5.75 Å². The fourth-order valence-electron chi connectivity index (χ4n) is 2.91. The van der Waals surface area contributed by atoms with E-state index < -0.39 is 0 Å². The summed E-state index contributed by atoms with van der Waals surface area (Å²) in [6, 6.07) is 3.75. The number of hydrogen-bond acceptors (Lipinski definition) is 3. The van der Waals surface area contributed by atoms with Crippen LogP contribution in [-0.2, 0) is 4.74 Å². The van der Waals surface area contributed by atoms with Gasteiger partial charge in [-0.2, -0.15) is 0 Å². The van der Waals surface area contributed by atoms with Gasteiger partial charge in [-0.05, 0) is 44.4 Å². The van der Waals surface area contributed by atoms with Crippen molar-refractivity contribution in [3.63, 3.8) is 0 Å². The molecule has 0 amide bonds. The van der Waals surface area contributed by atoms with Gasteiger partial charge < -0.3 is 9.47 Å². The number of methoxy groups -OCH3 is 1. The summed E-state index contributed by atoms with van der Waals surface area (Å²) in [6.07, 6.45) is 0.0520. The van der Waals surface area contributed by atoms with Gasteiger partial charge in [0.1, 0.15) is 5.75 Å². The van der Waals surface area contributed by atoms with Gasteiger partial charge in [-0.3, -0.25) is 4.79 Å². The van der Waals surface area contributed by atoms with E-state index in [1.54, 1.807) is 7.11 Å². The molecule has 1 aromatic carbocycles. The minimum atomic E-state index is -0.117. The molecule has 0 bridgehead atoms. The maximum atomic E-state index is 12.9. The van der Waals surface area contributed by atoms with Crippen molar-refractivity contribution in [2.75, 3.05) is 7.11 Å². The van der Waals surface area contributed by atoms with Crippen molar-refractivity contribution in [3.8, 4) is 5.75 Å². The Labute approximate surface area is 128 Å². The zero-order chi connectivity index (χ0) is 15.0. The van der Waals surface area contributed by atoms with Crippen LogP contribution in [0.25, 0.3) is 0 Å². The SMILES string of the molecule is COc1cc(C)c(Br)cc1C(=O)C1C(C)OC(C)C1C. The van der Waals surface area contributed by atoms with Gasteiger partial charge in [0, 0.05) is 4.47 Å². The van der Waals surface area contributed by atoms with Crippen LogP contribution < -0.4 is 4.74 Å². The van der Waals surface area contributed by atoms with Crippen molar-refractivity contribution < 1.29 is 14.3 Å². The van der Waals surface area contributed by atoms with Crippen molar-refractivity contribution >= 4 is 21.7 Å². The molecule has 1 aliphatic rings. The number of carbonyl (C=O) groups is 1. The first-order valence-electron chi connectivity index (χ1n) is 6.90. The molecule has 110 valence electrons. The second-order valence-corrected chi connectivity index (χ2v) is 6.45. The number of hydrogen-bond donors (Lipinski definition) is 0. The molecule has 1 fully saturated rings. The number of aryl methyl sites for hydroxylation is 1. The first-order chi connectivity index (χ1) is 9.36. The second-order valence-electron chi connectivity index (χ2n) is 5.60. The lowest BCUT2D eigenvalue weighted by Gasteiger charge is -2.19. The van der Waals surface area contributed by atoms with Crippen LogP contribution in [0, 0.1) is 18.8 Å². The monoisotopic (exact) mass is 340 g/mol. The number of carbonyl (C=O) groups excluding carboxylic acids is 1. The predicted octanol–water partition coefficient (Wildman–Crippen LogP) is 4.01. The molecular weight excluding hydrogens is 320 g/mol. The Morgan fingerprint density at radius 3 is 2.40 bits per heavy atom. The van der Waals surface area contributed by atoms with Crippen LogP contribution in [0.15, 0.2) is 16.6 Å². The highest BCUT2D eigenvalue weighted by Gasteiger charge is 2.42. The molecule has 1 heterocycles. The van der Waals surface area contributed by atoms with E-state index in [-0.39, 0.29) is 29.8 Å². The molecule has 0 N–H and O–H groups in total. The average Bonchev–Trinajstić information content (AvgIpc) is 2.65. The summed E-state index contributed by atoms with van der Waals surface area (Å²) in [4.78, 5) is 12.9. The number of benzene rings is 1. The Balaban J connectivity index is 2.41. The van der Waals surface area contributed by atoms with Crippen LogP contribution in [0.1, 0.15) is 36.7 Å². The van der Waals surface area contributed by atoms with Gasteiger partial charge in [-0.15, -0.1) is 0 Å². The normalized spacial score (nSPS) is 29.5. The third-order valence-corrected chi connectivity index (χ3v) is 5.15. The molecule has 0 radical (unpaired) electrons. The molecular formula is C16H21BrO3. The van der Waals surface area contributed by atoms with Crippen molar-refractivity contribution in [1.82, 2.24) is 0 Å². The minimum absolute atomic E-state index is 0.0581. The first-order valence-corrected chi connectivity index (χ1v) is 7.70. The molecule has 20 heavy (non-hydrogen) atoms. The van der Waals surface area contributed by atoms with Crippen LogP contribution in [-0.4, -0.2) is 25.1 Å². The Kier molecular flexibility index (Phi) is 4.55. The van der Waals surface area contributed by atoms with E-state index in [1.807, 2.05) is 32.9 Å². The summed E-state index contributed by atoms with van der Waals surface area (Å²) in [5.41, 5.74) is 1.68. The highest BCUT2D eigenvalue weighted by atomic mass is 79.9. The van der Waals surface area contributed by atoms with Crippen LogP contribution >= 0.6 is 15.9 Å². The van der Waals surface area contributed by atoms with Gasteiger partial charge in [-0.1, -0.05) is 22.9 Å². The van der Waals surface area contributed by atoms with E-state index in [9.17, 15) is 4.79 Å². The van der Waals surface area contributed by atoms with Gasteiger partial charge in [0.05, 0.1) is 30.8 Å². The molecule has 0 aliphatic carbocycles. The molecule has 0 spiro atoms. The molecule has 1 saturated heterocycles. The molecule has 3 nitrogen and oxygen atoms in total. The molecule has 4 heteroatoms. The van der Waals surface area contributed by atoms with Crippen LogP contribution in [0.2, 0.25) is 0 Å². The van der Waals surface area contributed by atoms with E-state index in [1.165, 1.54) is 0 Å². The summed E-state index contributed by atoms with van der Waals surface area (Å²) in [6.45, 7) is 8.05. The van der Waals surface area contributed by atoms with Crippen molar-refractivity contribution in [2.45, 2.75) is 39.9 Å². The van der Waals surface area contributed by atoms with E-state index in [4.69, 9.17) is 9.47 Å². The Morgan fingerprint density at radius 1 is 1.25 bits per heavy atom. The van der Waals surface area contributed by atoms with Crippen molar-refractivity contribution in [2.24, 2.45) is 11.8 Å². The maximum Gasteiger partial charge on any atom is 0.172 e. The summed E-state index contributed by atoms with van der Waals surface area (Å²) >= 11 is 3.49. The van der Waals surface area contributed by atoms with Gasteiger partial charge in [0.2, 0.25) is 0 Å². The summed E-state index contributed by atoms with van der Waals surface area (Å²) in [5, 5.41) is 0. The van der Waals surface area contributed by atoms with E-state index in [0.29, 0.717) is 11.3 Å². The van der Waals surface area contributed by atoms with Gasteiger partial charge in [0.15, 0.2) is 5.78 Å². The Bertz CT molecular complexity index is 527. The lowest BCUT2D eigenvalue weighted by Crippen LogP contribution is -2.27. The minimum Gasteiger partial charge on any atom is -0.496 e. The molecule has 2 rings (SSSR count). The Hall–Kier alpha value is -0.870. The lowest BCUT2D eigenvalue weighted by molar-refractivity contribution is 0.0490. The quantitative estimate of drug-likeness (QED) is 0.780. The second kappa shape index (κ2) is 5.86. The smallest absolute Gasteiger partial charge is 0.172 e. The van der Waals surface area contributed by atoms with Crippen LogP contribution in [0.3, 0.4) is 0 Å². The standard InChI is InChI=1S/C16H21BrO3/c1-8-6-14(19-5)12(7-13(8)17)16(18)15-9(2)10(3)20-11(15)4/h6-7,9-11,15H,1-5H3. The molecule has 0 aromatic heterocycles. The predicted molar refractivity (Wildman–Crippen MR) is 82.4 cm³/mol. The van der Waals surface area contributed by atoms with E-state index in [2.05, 4.69) is 22.9 Å². The van der Waals surface area contributed by atoms with Crippen LogP contribution in [0.4, 0.5) is 0 Å². The van der Waals surface area contributed by atoms with Gasteiger partial charge in [0.25, 0.3) is 0 Å². The number of rotatable bonds is 3. The number of halogens is 1. The average molecular weight is 341 g/mol. The van der Waals surface area contributed by atoms with Gasteiger partial charge >= 0.3 is 0 Å². The zero-order valence-electron chi connectivity index (χ0n) is 12.6. The van der Waals surface area contributed by atoms with Crippen molar-refractivity contribution in [3.05, 3.63) is 27.7 Å². The fraction of sp³-hybridized carbons (Fsp3) is 0.562. The highest BCUT2D eigenvalue weighted by Crippen LogP contribution is 2.37. The maximum absolute atomic E-state index is 12.9. The molecule has 4 atom stereocenters. The highest BCUT2D eigenvalue weighted by molar-refractivity contribution is 9.10. The summed E-state index contributed by atoms with van der Waals surface area (Å²) in [7, 11) is 1.60. The fourth-order valence-corrected chi connectivity index (χ4v) is 3.26. The largest absolute Gasteiger partial charge is 0.496 e. The Morgan fingerprint density at radius 2 is 1.90 bits per heavy atom. The first kappa shape index (κ1) is 15.5. The number of ketones is 1. The molecule has 4 unspecified atom stereocenters. The molecule has 1 aromatic rings. The van der Waals surface area contributed by atoms with E-state index >= 15 is 0 Å². The number of ether oxygens (including phenoxy) is 2. The zero-order valence-corrected chi connectivity index (χ0v) is 14.2. The van der Waals surface area contributed by atoms with E-state index in [0.717, 1.165) is 10.0 Å². The molecule has 0 saturated carbocycles. The lowest BCUT2D eigenvalue weighted by atomic mass is 9.83. The topological polar surface area (TPSA) is 35.5 Å². The number of Topliss-reactive ketones (excluding diaryl/α,β-unsaturated/α-hetero) is 1. The molecule has 1 aliphatic heterocycles. The third kappa shape index (κ3) is 2.63. The third-order valence-electron chi connectivity index (χ3n) is 4.29. The summed E-state index contributed by atoms with van der Waals surface area (Å²) in [5.74, 6) is 0.831. The van der Waals surface area contributed by atoms with Gasteiger partial charge in [-0.25, -0.2) is 0 Å². The van der Waals surface area contributed by atoms with Crippen molar-refractivity contribution in [1.29, 1.82) is 0 Å².